The zero-order valence-electron chi connectivity index (χ0n) is 12.2. The number of rotatable bonds is 1. The van der Waals surface area contributed by atoms with Gasteiger partial charge in [-0.05, 0) is 19.3 Å². The summed E-state index contributed by atoms with van der Waals surface area (Å²) in [5, 5.41) is 4.45. The van der Waals surface area contributed by atoms with Crippen LogP contribution in [0.3, 0.4) is 0 Å². The molecule has 0 aromatic carbocycles. The first-order valence-electron chi connectivity index (χ1n) is 7.53. The number of nitrogens with zero attached hydrogens (tertiary/aromatic N) is 4. The van der Waals surface area contributed by atoms with Gasteiger partial charge in [-0.25, -0.2) is 8.78 Å². The van der Waals surface area contributed by atoms with Crippen LogP contribution in [0.4, 0.5) is 14.7 Å². The van der Waals surface area contributed by atoms with Gasteiger partial charge < -0.3 is 4.90 Å². The lowest BCUT2D eigenvalue weighted by atomic mass is 9.82. The number of aromatic amines is 1. The average Bonchev–Trinajstić information content (AvgIpc) is 2.79. The fourth-order valence-electron chi connectivity index (χ4n) is 3.83. The highest BCUT2D eigenvalue weighted by Crippen LogP contribution is 2.43. The Morgan fingerprint density at radius 2 is 2.00 bits per heavy atom. The van der Waals surface area contributed by atoms with Gasteiger partial charge in [0, 0.05) is 32.0 Å². The first kappa shape index (κ1) is 13.7. The quantitative estimate of drug-likeness (QED) is 0.872. The lowest BCUT2D eigenvalue weighted by molar-refractivity contribution is -0.0545. The van der Waals surface area contributed by atoms with E-state index in [0.717, 1.165) is 6.42 Å². The molecule has 118 valence electrons. The molecule has 0 saturated carbocycles. The Labute approximate surface area is 125 Å². The highest BCUT2D eigenvalue weighted by molar-refractivity contribution is 5.74. The van der Waals surface area contributed by atoms with Gasteiger partial charge in [0.2, 0.25) is 5.95 Å². The first-order valence-corrected chi connectivity index (χ1v) is 7.53. The van der Waals surface area contributed by atoms with Crippen molar-refractivity contribution in [3.05, 3.63) is 16.6 Å². The zero-order valence-corrected chi connectivity index (χ0v) is 12.2. The molecule has 8 heteroatoms. The van der Waals surface area contributed by atoms with E-state index in [2.05, 4.69) is 15.1 Å². The van der Waals surface area contributed by atoms with Crippen LogP contribution in [0.15, 0.2) is 11.0 Å². The number of hydrogen-bond acceptors (Lipinski definition) is 4. The Bertz CT molecular complexity index is 767. The number of aromatic nitrogens is 4. The average molecular weight is 309 g/mol. The second kappa shape index (κ2) is 4.50. The van der Waals surface area contributed by atoms with E-state index < -0.39 is 5.92 Å². The lowest BCUT2D eigenvalue weighted by Crippen LogP contribution is -2.56. The van der Waals surface area contributed by atoms with Gasteiger partial charge in [-0.2, -0.15) is 10.1 Å². The second-order valence-corrected chi connectivity index (χ2v) is 6.31. The van der Waals surface area contributed by atoms with Crippen LogP contribution in [-0.2, 0) is 7.05 Å². The highest BCUT2D eigenvalue weighted by Gasteiger charge is 2.48. The van der Waals surface area contributed by atoms with Crippen molar-refractivity contribution in [2.45, 2.75) is 50.1 Å². The maximum absolute atomic E-state index is 13.8. The van der Waals surface area contributed by atoms with E-state index in [4.69, 9.17) is 0 Å². The van der Waals surface area contributed by atoms with Crippen molar-refractivity contribution in [1.29, 1.82) is 0 Å². The SMILES string of the molecule is Cn1ncc2c(=O)[nH]c(N3C4CCCC3CC(F)(F)C4)nc21. The maximum atomic E-state index is 13.8. The summed E-state index contributed by atoms with van der Waals surface area (Å²) < 4.78 is 29.2. The zero-order chi connectivity index (χ0) is 15.5. The molecule has 1 N–H and O–H groups in total. The number of hydrogen-bond donors (Lipinski definition) is 1. The van der Waals surface area contributed by atoms with Gasteiger partial charge >= 0.3 is 0 Å². The number of fused-ring (bicyclic) bond motifs is 3. The van der Waals surface area contributed by atoms with Crippen molar-refractivity contribution in [3.63, 3.8) is 0 Å². The van der Waals surface area contributed by atoms with Crippen LogP contribution in [0, 0.1) is 0 Å². The molecule has 2 saturated heterocycles. The van der Waals surface area contributed by atoms with Crippen LogP contribution in [-0.4, -0.2) is 37.8 Å². The Morgan fingerprint density at radius 1 is 1.32 bits per heavy atom. The molecule has 0 spiro atoms. The molecule has 2 atom stereocenters. The Morgan fingerprint density at radius 3 is 2.68 bits per heavy atom. The van der Waals surface area contributed by atoms with Crippen LogP contribution < -0.4 is 10.5 Å². The van der Waals surface area contributed by atoms with Gasteiger partial charge in [0.05, 0.1) is 6.20 Å². The Kier molecular flexibility index (Phi) is 2.79. The van der Waals surface area contributed by atoms with Gasteiger partial charge in [-0.1, -0.05) is 0 Å². The van der Waals surface area contributed by atoms with Crippen LogP contribution in [0.1, 0.15) is 32.1 Å². The molecular weight excluding hydrogens is 292 g/mol. The van der Waals surface area contributed by atoms with E-state index in [1.165, 1.54) is 10.9 Å². The van der Waals surface area contributed by atoms with Gasteiger partial charge in [-0.15, -0.1) is 0 Å². The van der Waals surface area contributed by atoms with E-state index in [0.29, 0.717) is 29.8 Å². The number of halogens is 2. The molecule has 2 bridgehead atoms. The predicted molar refractivity (Wildman–Crippen MR) is 77.2 cm³/mol. The molecule has 0 aliphatic carbocycles. The van der Waals surface area contributed by atoms with E-state index in [-0.39, 0.29) is 30.5 Å². The van der Waals surface area contributed by atoms with Crippen molar-refractivity contribution >= 4 is 17.0 Å². The third-order valence-electron chi connectivity index (χ3n) is 4.76. The number of piperidine rings is 2. The standard InChI is InChI=1S/C14H17F2N5O/c1-20-11-10(7-17-20)12(22)19-13(18-11)21-8-3-2-4-9(21)6-14(15,16)5-8/h7-9H,2-6H2,1H3,(H,18,19,22). The molecule has 2 unspecified atom stereocenters. The van der Waals surface area contributed by atoms with Gasteiger partial charge in [-0.3, -0.25) is 14.5 Å². The number of anilines is 1. The smallest absolute Gasteiger partial charge is 0.263 e. The molecule has 4 heterocycles. The first-order chi connectivity index (χ1) is 10.4. The minimum absolute atomic E-state index is 0.170. The number of H-pyrrole nitrogens is 1. The third kappa shape index (κ3) is 2.00. The lowest BCUT2D eigenvalue weighted by Gasteiger charge is -2.48. The topological polar surface area (TPSA) is 66.8 Å². The third-order valence-corrected chi connectivity index (χ3v) is 4.76. The Balaban J connectivity index is 1.81. The minimum Gasteiger partial charge on any atom is -0.336 e. The second-order valence-electron chi connectivity index (χ2n) is 6.31. The molecule has 4 rings (SSSR count). The molecule has 6 nitrogen and oxygen atoms in total. The predicted octanol–water partition coefficient (Wildman–Crippen LogP) is 1.81. The number of alkyl halides is 2. The van der Waals surface area contributed by atoms with Crippen LogP contribution in [0.25, 0.3) is 11.0 Å². The summed E-state index contributed by atoms with van der Waals surface area (Å²) in [6.45, 7) is 0. The molecule has 0 amide bonds. The molecule has 2 aromatic heterocycles. The van der Waals surface area contributed by atoms with Gasteiger partial charge in [0.1, 0.15) is 5.39 Å². The summed E-state index contributed by atoms with van der Waals surface area (Å²) in [4.78, 5) is 21.3. The van der Waals surface area contributed by atoms with E-state index in [9.17, 15) is 13.6 Å². The van der Waals surface area contributed by atoms with Crippen molar-refractivity contribution in [2.24, 2.45) is 7.05 Å². The summed E-state index contributed by atoms with van der Waals surface area (Å²) in [6, 6.07) is -0.535. The minimum atomic E-state index is -2.62. The molecule has 22 heavy (non-hydrogen) atoms. The fourth-order valence-corrected chi connectivity index (χ4v) is 3.83. The van der Waals surface area contributed by atoms with E-state index >= 15 is 0 Å². The largest absolute Gasteiger partial charge is 0.336 e. The summed E-state index contributed by atoms with van der Waals surface area (Å²) in [7, 11) is 1.71. The summed E-state index contributed by atoms with van der Waals surface area (Å²) >= 11 is 0. The molecule has 2 aliphatic heterocycles. The number of nitrogens with one attached hydrogen (secondary N) is 1. The molecule has 2 aliphatic rings. The molecule has 2 aromatic rings. The maximum Gasteiger partial charge on any atom is 0.263 e. The van der Waals surface area contributed by atoms with Gasteiger partial charge in [0.25, 0.3) is 11.5 Å². The molecule has 2 fully saturated rings. The molecular formula is C14H17F2N5O. The summed E-state index contributed by atoms with van der Waals surface area (Å²) in [5.74, 6) is -2.23. The fraction of sp³-hybridized carbons (Fsp3) is 0.643. The van der Waals surface area contributed by atoms with Gasteiger partial charge in [0.15, 0.2) is 5.65 Å². The molecule has 0 radical (unpaired) electrons. The summed E-state index contributed by atoms with van der Waals surface area (Å²) in [6.07, 6.45) is 3.49. The Hall–Kier alpha value is -1.99. The highest BCUT2D eigenvalue weighted by atomic mass is 19.3. The van der Waals surface area contributed by atoms with Crippen molar-refractivity contribution in [2.75, 3.05) is 4.90 Å². The van der Waals surface area contributed by atoms with Crippen molar-refractivity contribution in [3.8, 4) is 0 Å². The number of aryl methyl sites for hydroxylation is 1. The van der Waals surface area contributed by atoms with Crippen LogP contribution >= 0.6 is 0 Å². The van der Waals surface area contributed by atoms with Crippen LogP contribution in [0.5, 0.6) is 0 Å². The van der Waals surface area contributed by atoms with Crippen molar-refractivity contribution < 1.29 is 8.78 Å². The van der Waals surface area contributed by atoms with Crippen LogP contribution in [0.2, 0.25) is 0 Å². The monoisotopic (exact) mass is 309 g/mol. The van der Waals surface area contributed by atoms with E-state index in [1.54, 1.807) is 7.05 Å². The van der Waals surface area contributed by atoms with Crippen molar-refractivity contribution in [1.82, 2.24) is 19.7 Å². The normalized spacial score (nSPS) is 27.3. The summed E-state index contributed by atoms with van der Waals surface area (Å²) in [5.41, 5.74) is 0.206. The van der Waals surface area contributed by atoms with E-state index in [1.807, 2.05) is 4.90 Å².